The van der Waals surface area contributed by atoms with Crippen molar-refractivity contribution in [3.8, 4) is 0 Å². The molecule has 0 amide bonds. The molecule has 2 aromatic carbocycles. The molecule has 0 N–H and O–H groups in total. The molecule has 0 aliphatic heterocycles. The van der Waals surface area contributed by atoms with Crippen molar-refractivity contribution < 1.29 is 4.57 Å². The Labute approximate surface area is 178 Å². The minimum atomic E-state index is 0.446. The third-order valence-corrected chi connectivity index (χ3v) is 6.84. The van der Waals surface area contributed by atoms with Gasteiger partial charge in [-0.3, -0.25) is 0 Å². The predicted octanol–water partition coefficient (Wildman–Crippen LogP) is 6.21. The molecule has 4 rings (SSSR count). The Morgan fingerprint density at radius 3 is 2.03 bits per heavy atom. The van der Waals surface area contributed by atoms with Crippen molar-refractivity contribution >= 4 is 44.4 Å². The third kappa shape index (κ3) is 3.87. The minimum absolute atomic E-state index is 0.446. The van der Waals surface area contributed by atoms with Crippen LogP contribution in [0.4, 0.5) is 5.69 Å². The second-order valence-electron chi connectivity index (χ2n) is 8.33. The van der Waals surface area contributed by atoms with E-state index in [1.54, 1.807) is 11.8 Å². The van der Waals surface area contributed by atoms with E-state index in [2.05, 4.69) is 85.1 Å². The monoisotopic (exact) mass is 406 g/mol. The summed E-state index contributed by atoms with van der Waals surface area (Å²) in [5, 5.41) is 3.58. The van der Waals surface area contributed by atoms with Gasteiger partial charge in [0, 0.05) is 24.2 Å². The van der Waals surface area contributed by atoms with Gasteiger partial charge >= 0.3 is 0 Å². The molecule has 4 heteroatoms. The quantitative estimate of drug-likeness (QED) is 0.223. The molecule has 1 saturated carbocycles. The van der Waals surface area contributed by atoms with Crippen LogP contribution < -0.4 is 4.57 Å². The average Bonchev–Trinajstić information content (AvgIpc) is 2.76. The summed E-state index contributed by atoms with van der Waals surface area (Å²) in [6.45, 7) is 4.61. The first-order valence-electron chi connectivity index (χ1n) is 10.8. The number of para-hydroxylation sites is 2. The fourth-order valence-corrected chi connectivity index (χ4v) is 5.54. The van der Waals surface area contributed by atoms with Gasteiger partial charge in [-0.15, -0.1) is 0 Å². The summed E-state index contributed by atoms with van der Waals surface area (Å²) in [6, 6.07) is 18.3. The molecule has 152 valence electrons. The van der Waals surface area contributed by atoms with Crippen molar-refractivity contribution in [1.29, 1.82) is 0 Å². The number of amidine groups is 1. The summed E-state index contributed by atoms with van der Waals surface area (Å²) >= 11 is 1.79. The van der Waals surface area contributed by atoms with Crippen molar-refractivity contribution in [3.63, 3.8) is 0 Å². The number of aryl methyl sites for hydroxylation is 1. The predicted molar refractivity (Wildman–Crippen MR) is 127 cm³/mol. The summed E-state index contributed by atoms with van der Waals surface area (Å²) in [5.74, 6) is 0. The van der Waals surface area contributed by atoms with E-state index < -0.39 is 0 Å². The Kier molecular flexibility index (Phi) is 6.09. The highest BCUT2D eigenvalue weighted by Gasteiger charge is 2.27. The van der Waals surface area contributed by atoms with Gasteiger partial charge in [0.1, 0.15) is 7.05 Å². The first kappa shape index (κ1) is 20.2. The Bertz CT molecular complexity index is 978. The molecular weight excluding hydrogens is 374 g/mol. The van der Waals surface area contributed by atoms with Crippen LogP contribution in [-0.4, -0.2) is 28.4 Å². The van der Waals surface area contributed by atoms with Gasteiger partial charge in [0.2, 0.25) is 11.0 Å². The lowest BCUT2D eigenvalue weighted by Crippen LogP contribution is -2.44. The Hall–Kier alpha value is -2.07. The highest BCUT2D eigenvalue weighted by molar-refractivity contribution is 8.13. The number of rotatable bonds is 3. The molecular formula is C25H32N3S+. The first-order valence-corrected chi connectivity index (χ1v) is 12.0. The molecule has 0 radical (unpaired) electrons. The zero-order valence-electron chi connectivity index (χ0n) is 18.1. The number of aromatic nitrogens is 1. The number of thioether (sulfide) groups is 1. The normalized spacial score (nSPS) is 16.1. The van der Waals surface area contributed by atoms with E-state index in [4.69, 9.17) is 4.99 Å². The molecule has 0 atom stereocenters. The van der Waals surface area contributed by atoms with Gasteiger partial charge in [-0.1, -0.05) is 55.3 Å². The van der Waals surface area contributed by atoms with E-state index in [-0.39, 0.29) is 0 Å². The van der Waals surface area contributed by atoms with Crippen LogP contribution in [-0.2, 0) is 7.05 Å². The van der Waals surface area contributed by atoms with E-state index in [1.807, 2.05) is 0 Å². The number of hydrogen-bond donors (Lipinski definition) is 0. The highest BCUT2D eigenvalue weighted by atomic mass is 32.2. The molecule has 1 aromatic heterocycles. The molecule has 1 fully saturated rings. The van der Waals surface area contributed by atoms with E-state index >= 15 is 0 Å². The van der Waals surface area contributed by atoms with Crippen LogP contribution in [0.25, 0.3) is 21.8 Å². The molecule has 0 spiro atoms. The van der Waals surface area contributed by atoms with E-state index in [0.29, 0.717) is 12.1 Å². The largest absolute Gasteiger partial charge is 0.346 e. The number of benzene rings is 2. The van der Waals surface area contributed by atoms with Crippen LogP contribution in [0.1, 0.15) is 46.0 Å². The molecule has 0 bridgehead atoms. The lowest BCUT2D eigenvalue weighted by molar-refractivity contribution is -0.617. The second kappa shape index (κ2) is 8.74. The summed E-state index contributed by atoms with van der Waals surface area (Å²) < 4.78 is 2.28. The molecule has 29 heavy (non-hydrogen) atoms. The van der Waals surface area contributed by atoms with E-state index in [0.717, 1.165) is 10.9 Å². The number of pyridine rings is 1. The van der Waals surface area contributed by atoms with Crippen molar-refractivity contribution in [2.75, 3.05) is 6.26 Å². The third-order valence-electron chi connectivity index (χ3n) is 6.18. The van der Waals surface area contributed by atoms with Gasteiger partial charge in [-0.25, -0.2) is 4.99 Å². The fourth-order valence-electron chi connectivity index (χ4n) is 4.79. The molecule has 3 nitrogen and oxygen atoms in total. The minimum Gasteiger partial charge on any atom is -0.346 e. The first-order chi connectivity index (χ1) is 14.1. The summed E-state index contributed by atoms with van der Waals surface area (Å²) in [5.41, 5.74) is 3.54. The van der Waals surface area contributed by atoms with Gasteiger partial charge in [0.15, 0.2) is 5.17 Å². The number of fused-ring (bicyclic) bond motifs is 2. The average molecular weight is 407 g/mol. The van der Waals surface area contributed by atoms with Crippen LogP contribution in [0.3, 0.4) is 0 Å². The fraction of sp³-hybridized carbons (Fsp3) is 0.440. The van der Waals surface area contributed by atoms with E-state index in [1.165, 1.54) is 53.9 Å². The van der Waals surface area contributed by atoms with Crippen molar-refractivity contribution in [1.82, 2.24) is 4.90 Å². The van der Waals surface area contributed by atoms with Crippen LogP contribution >= 0.6 is 11.8 Å². The van der Waals surface area contributed by atoms with E-state index in [9.17, 15) is 0 Å². The zero-order chi connectivity index (χ0) is 20.4. The SMILES string of the molecule is CSC(=Nc1c2ccccc2[n+](C)c2ccccc12)N(C(C)C)C1CCCCC1. The zero-order valence-corrected chi connectivity index (χ0v) is 18.9. The number of aliphatic imine (C=N–C) groups is 1. The maximum Gasteiger partial charge on any atom is 0.214 e. The standard InChI is InChI=1S/C25H32N3S/c1-18(2)28(19-12-6-5-7-13-19)25(29-4)26-24-20-14-8-10-16-22(20)27(3)23-17-11-9-15-21(23)24/h8-11,14-19H,5-7,12-13H2,1-4H3/q+1. The number of nitrogens with zero attached hydrogens (tertiary/aromatic N) is 3. The maximum absolute atomic E-state index is 5.36. The summed E-state index contributed by atoms with van der Waals surface area (Å²) in [4.78, 5) is 7.95. The van der Waals surface area contributed by atoms with Gasteiger partial charge < -0.3 is 4.90 Å². The Morgan fingerprint density at radius 2 is 1.52 bits per heavy atom. The van der Waals surface area contributed by atoms with Crippen LogP contribution in [0.2, 0.25) is 0 Å². The van der Waals surface area contributed by atoms with Crippen LogP contribution in [0, 0.1) is 0 Å². The summed E-state index contributed by atoms with van der Waals surface area (Å²) in [7, 11) is 2.15. The van der Waals surface area contributed by atoms with Gasteiger partial charge in [-0.05, 0) is 45.1 Å². The van der Waals surface area contributed by atoms with Crippen molar-refractivity contribution in [3.05, 3.63) is 48.5 Å². The molecule has 1 aliphatic rings. The molecule has 0 unspecified atom stereocenters. The molecule has 0 saturated heterocycles. The highest BCUT2D eigenvalue weighted by Crippen LogP contribution is 2.34. The van der Waals surface area contributed by atoms with Gasteiger partial charge in [0.25, 0.3) is 0 Å². The second-order valence-corrected chi connectivity index (χ2v) is 9.11. The lowest BCUT2D eigenvalue weighted by atomic mass is 9.94. The maximum atomic E-state index is 5.36. The topological polar surface area (TPSA) is 19.5 Å². The summed E-state index contributed by atoms with van der Waals surface area (Å²) in [6.07, 6.45) is 8.78. The Morgan fingerprint density at radius 1 is 0.966 bits per heavy atom. The molecule has 3 aromatic rings. The van der Waals surface area contributed by atoms with Gasteiger partial charge in [0.05, 0.1) is 16.5 Å². The van der Waals surface area contributed by atoms with Crippen LogP contribution in [0.5, 0.6) is 0 Å². The lowest BCUT2D eigenvalue weighted by Gasteiger charge is -2.39. The number of hydrogen-bond acceptors (Lipinski definition) is 2. The molecule has 1 heterocycles. The van der Waals surface area contributed by atoms with Crippen molar-refractivity contribution in [2.24, 2.45) is 12.0 Å². The molecule has 1 aliphatic carbocycles. The Balaban J connectivity index is 1.93. The smallest absolute Gasteiger partial charge is 0.214 e. The van der Waals surface area contributed by atoms with Gasteiger partial charge in [-0.2, -0.15) is 4.57 Å². The van der Waals surface area contributed by atoms with Crippen LogP contribution in [0.15, 0.2) is 53.5 Å². The van der Waals surface area contributed by atoms with Crippen molar-refractivity contribution in [2.45, 2.75) is 58.0 Å².